The summed E-state index contributed by atoms with van der Waals surface area (Å²) in [5.41, 5.74) is -1.27. The number of aliphatic hydroxyl groups is 4. The quantitative estimate of drug-likeness (QED) is 0.200. The molecular weight excluding hydrogens is 437 g/mol. The lowest BCUT2D eigenvalue weighted by Crippen LogP contribution is -2.38. The SMILES string of the molecule is O=c1ccn(C[C@@H]2O[C@H](COP(=O)(O)CCCN3C[C@H](O)[C@@H](O)C3)[C@@H](O)[C@H]2O)c(=O)[nH]1. The van der Waals surface area contributed by atoms with Gasteiger partial charge in [0, 0.05) is 25.4 Å². The molecule has 0 radical (unpaired) electrons. The van der Waals surface area contributed by atoms with Crippen molar-refractivity contribution in [3.63, 3.8) is 0 Å². The number of aromatic amines is 1. The highest BCUT2D eigenvalue weighted by Crippen LogP contribution is 2.43. The van der Waals surface area contributed by atoms with Crippen molar-refractivity contribution in [1.82, 2.24) is 14.5 Å². The van der Waals surface area contributed by atoms with Crippen molar-refractivity contribution in [1.29, 1.82) is 0 Å². The van der Waals surface area contributed by atoms with Crippen molar-refractivity contribution >= 4 is 7.60 Å². The average Bonchev–Trinajstić information content (AvgIpc) is 3.15. The van der Waals surface area contributed by atoms with E-state index in [4.69, 9.17) is 9.26 Å². The van der Waals surface area contributed by atoms with Crippen molar-refractivity contribution in [2.24, 2.45) is 0 Å². The van der Waals surface area contributed by atoms with Gasteiger partial charge in [-0.1, -0.05) is 0 Å². The molecule has 13 nitrogen and oxygen atoms in total. The molecule has 1 unspecified atom stereocenters. The van der Waals surface area contributed by atoms with Crippen molar-refractivity contribution in [3.05, 3.63) is 33.1 Å². The Bertz CT molecular complexity index is 897. The molecule has 31 heavy (non-hydrogen) atoms. The molecule has 0 saturated carbocycles. The highest BCUT2D eigenvalue weighted by atomic mass is 31.2. The normalized spacial score (nSPS) is 33.6. The Morgan fingerprint density at radius 1 is 1.13 bits per heavy atom. The Hall–Kier alpha value is -1.41. The number of rotatable bonds is 9. The number of ether oxygens (including phenoxy) is 1. The van der Waals surface area contributed by atoms with E-state index >= 15 is 0 Å². The molecule has 0 aliphatic carbocycles. The zero-order valence-corrected chi connectivity index (χ0v) is 17.6. The van der Waals surface area contributed by atoms with E-state index < -0.39 is 62.1 Å². The molecule has 7 atom stereocenters. The summed E-state index contributed by atoms with van der Waals surface area (Å²) in [7, 11) is -4.00. The zero-order chi connectivity index (χ0) is 22.8. The predicted octanol–water partition coefficient (Wildman–Crippen LogP) is -3.34. The second kappa shape index (κ2) is 10.0. The second-order valence-corrected chi connectivity index (χ2v) is 9.84. The van der Waals surface area contributed by atoms with Gasteiger partial charge in [-0.15, -0.1) is 0 Å². The topological polar surface area (TPSA) is 195 Å². The smallest absolute Gasteiger partial charge is 0.328 e. The maximum absolute atomic E-state index is 12.2. The fourth-order valence-corrected chi connectivity index (χ4v) is 4.72. The number of nitrogens with one attached hydrogen (secondary N) is 1. The summed E-state index contributed by atoms with van der Waals surface area (Å²) in [6.07, 6.45) is -5.13. The Balaban J connectivity index is 1.46. The van der Waals surface area contributed by atoms with Crippen LogP contribution >= 0.6 is 7.60 Å². The van der Waals surface area contributed by atoms with Gasteiger partial charge in [-0.25, -0.2) is 4.79 Å². The fraction of sp³-hybridized carbons (Fsp3) is 0.765. The summed E-state index contributed by atoms with van der Waals surface area (Å²) in [4.78, 5) is 36.7. The second-order valence-electron chi connectivity index (χ2n) is 7.86. The lowest BCUT2D eigenvalue weighted by Gasteiger charge is -2.19. The highest BCUT2D eigenvalue weighted by molar-refractivity contribution is 7.52. The van der Waals surface area contributed by atoms with Crippen LogP contribution < -0.4 is 11.2 Å². The molecule has 2 aliphatic heterocycles. The van der Waals surface area contributed by atoms with E-state index in [1.54, 1.807) is 4.90 Å². The monoisotopic (exact) mass is 465 g/mol. The molecule has 3 rings (SSSR count). The third-order valence-electron chi connectivity index (χ3n) is 5.43. The van der Waals surface area contributed by atoms with Gasteiger partial charge < -0.3 is 34.6 Å². The molecule has 2 aliphatic rings. The van der Waals surface area contributed by atoms with E-state index in [1.165, 1.54) is 6.20 Å². The Labute approximate surface area is 177 Å². The van der Waals surface area contributed by atoms with Crippen molar-refractivity contribution in [3.8, 4) is 0 Å². The van der Waals surface area contributed by atoms with E-state index in [2.05, 4.69) is 4.98 Å². The molecule has 1 aromatic heterocycles. The lowest BCUT2D eigenvalue weighted by atomic mass is 10.1. The Morgan fingerprint density at radius 2 is 1.77 bits per heavy atom. The number of likely N-dealkylation sites (tertiary alicyclic amines) is 1. The molecule has 0 aromatic carbocycles. The van der Waals surface area contributed by atoms with E-state index in [1.807, 2.05) is 0 Å². The Kier molecular flexibility index (Phi) is 7.84. The lowest BCUT2D eigenvalue weighted by molar-refractivity contribution is -0.0232. The van der Waals surface area contributed by atoms with Gasteiger partial charge >= 0.3 is 13.3 Å². The van der Waals surface area contributed by atoms with Crippen LogP contribution in [0.4, 0.5) is 0 Å². The van der Waals surface area contributed by atoms with E-state index in [9.17, 15) is 39.5 Å². The van der Waals surface area contributed by atoms with E-state index in [0.717, 1.165) is 10.6 Å². The van der Waals surface area contributed by atoms with Crippen LogP contribution in [0.1, 0.15) is 6.42 Å². The van der Waals surface area contributed by atoms with Crippen LogP contribution in [0.5, 0.6) is 0 Å². The summed E-state index contributed by atoms with van der Waals surface area (Å²) < 4.78 is 23.9. The third-order valence-corrected chi connectivity index (χ3v) is 6.86. The maximum Gasteiger partial charge on any atom is 0.328 e. The molecule has 2 saturated heterocycles. The number of aromatic nitrogens is 2. The van der Waals surface area contributed by atoms with Gasteiger partial charge in [0.05, 0.1) is 31.5 Å². The van der Waals surface area contributed by atoms with Gasteiger partial charge in [-0.2, -0.15) is 0 Å². The predicted molar refractivity (Wildman–Crippen MR) is 106 cm³/mol. The molecule has 176 valence electrons. The van der Waals surface area contributed by atoms with Gasteiger partial charge in [0.2, 0.25) is 0 Å². The molecule has 0 amide bonds. The van der Waals surface area contributed by atoms with Crippen molar-refractivity contribution in [2.75, 3.05) is 32.4 Å². The molecule has 6 N–H and O–H groups in total. The number of hydrogen-bond donors (Lipinski definition) is 6. The number of β-amino-alcohol motifs (C(OH)–C–C–N with tert-alkyl or cyclic N) is 2. The summed E-state index contributed by atoms with van der Waals surface area (Å²) in [6.45, 7) is 0.396. The summed E-state index contributed by atoms with van der Waals surface area (Å²) >= 11 is 0. The number of H-pyrrole nitrogens is 1. The first-order valence-electron chi connectivity index (χ1n) is 9.92. The third kappa shape index (κ3) is 6.31. The van der Waals surface area contributed by atoms with Crippen molar-refractivity contribution in [2.45, 2.75) is 49.6 Å². The Morgan fingerprint density at radius 3 is 2.42 bits per heavy atom. The number of nitrogens with zero attached hydrogens (tertiary/aromatic N) is 2. The van der Waals surface area contributed by atoms with Crippen LogP contribution in [-0.4, -0.2) is 109 Å². The number of aliphatic hydroxyl groups excluding tert-OH is 4. The van der Waals surface area contributed by atoms with E-state index in [-0.39, 0.29) is 25.8 Å². The standard InChI is InChI=1S/C17H28N3O10P/c21-10-6-19(7-11(10)22)3-1-5-31(27,28)29-9-13-16(25)15(24)12(30-13)8-20-4-2-14(23)18-17(20)26/h2,4,10-13,15-16,21-22,24-25H,1,3,5-9H2,(H,27,28)(H,18,23,26)/t10-,11-,12-,13+,15-,16+/m0/s1. The van der Waals surface area contributed by atoms with Crippen LogP contribution in [0.25, 0.3) is 0 Å². The van der Waals surface area contributed by atoms with Crippen LogP contribution in [-0.2, 0) is 20.4 Å². The van der Waals surface area contributed by atoms with E-state index in [0.29, 0.717) is 13.0 Å². The minimum absolute atomic E-state index is 0.144. The fourth-order valence-electron chi connectivity index (χ4n) is 3.67. The minimum Gasteiger partial charge on any atom is -0.389 e. The van der Waals surface area contributed by atoms with Crippen LogP contribution in [0, 0.1) is 0 Å². The van der Waals surface area contributed by atoms with Crippen LogP contribution in [0.15, 0.2) is 21.9 Å². The summed E-state index contributed by atoms with van der Waals surface area (Å²) in [6, 6.07) is 1.13. The minimum atomic E-state index is -4.00. The van der Waals surface area contributed by atoms with Gasteiger partial charge in [-0.05, 0) is 13.0 Å². The molecule has 0 spiro atoms. The summed E-state index contributed by atoms with van der Waals surface area (Å²) in [5, 5.41) is 39.3. The van der Waals surface area contributed by atoms with Crippen molar-refractivity contribution < 1.29 is 39.1 Å². The average molecular weight is 465 g/mol. The van der Waals surface area contributed by atoms with Gasteiger partial charge in [0.25, 0.3) is 5.56 Å². The van der Waals surface area contributed by atoms with Gasteiger partial charge in [0.15, 0.2) is 0 Å². The largest absolute Gasteiger partial charge is 0.389 e. The van der Waals surface area contributed by atoms with Gasteiger partial charge in [-0.3, -0.25) is 23.8 Å². The first kappa shape index (κ1) is 24.2. The maximum atomic E-state index is 12.2. The van der Waals surface area contributed by atoms with Gasteiger partial charge in [0.1, 0.15) is 24.4 Å². The summed E-state index contributed by atoms with van der Waals surface area (Å²) in [5.74, 6) is 0. The molecule has 14 heteroatoms. The molecular formula is C17H28N3O10P. The van der Waals surface area contributed by atoms with Crippen LogP contribution in [0.2, 0.25) is 0 Å². The van der Waals surface area contributed by atoms with Crippen LogP contribution in [0.3, 0.4) is 0 Å². The molecule has 1 aromatic rings. The zero-order valence-electron chi connectivity index (χ0n) is 16.7. The molecule has 2 fully saturated rings. The first-order chi connectivity index (χ1) is 14.6. The molecule has 0 bridgehead atoms. The number of hydrogen-bond acceptors (Lipinski definition) is 10. The highest BCUT2D eigenvalue weighted by Gasteiger charge is 2.43. The molecule has 3 heterocycles. The first-order valence-corrected chi connectivity index (χ1v) is 11.7.